The Hall–Kier alpha value is -2.73. The van der Waals surface area contributed by atoms with Gasteiger partial charge < -0.3 is 37.0 Å². The predicted octanol–water partition coefficient (Wildman–Crippen LogP) is -2.61. The number of aliphatic carboxylic acids is 2. The van der Waals surface area contributed by atoms with Crippen molar-refractivity contribution in [3.05, 3.63) is 0 Å². The molecule has 0 heterocycles. The largest absolute Gasteiger partial charge is 0.481 e. The molecule has 160 valence electrons. The monoisotopic (exact) mass is 404 g/mol. The van der Waals surface area contributed by atoms with E-state index < -0.39 is 66.9 Å². The SMILES string of the molecule is CC(C)CC(N)C(=O)NC(CC(=O)O)C(=O)NC(CO)C(=O)NC(C)C(=O)O. The molecule has 0 aromatic carbocycles. The topological polar surface area (TPSA) is 208 Å². The molecule has 4 unspecified atom stereocenters. The molecule has 28 heavy (non-hydrogen) atoms. The highest BCUT2D eigenvalue weighted by molar-refractivity contribution is 5.95. The number of hydrogen-bond donors (Lipinski definition) is 7. The summed E-state index contributed by atoms with van der Waals surface area (Å²) in [4.78, 5) is 58.1. The molecular formula is C16H28N4O8. The fourth-order valence-electron chi connectivity index (χ4n) is 2.12. The van der Waals surface area contributed by atoms with Crippen molar-refractivity contribution >= 4 is 29.7 Å². The van der Waals surface area contributed by atoms with E-state index in [4.69, 9.17) is 15.9 Å². The molecule has 0 aliphatic rings. The fourth-order valence-corrected chi connectivity index (χ4v) is 2.12. The second kappa shape index (κ2) is 11.9. The Morgan fingerprint density at radius 1 is 0.857 bits per heavy atom. The number of aliphatic hydroxyl groups excluding tert-OH is 1. The Labute approximate surface area is 161 Å². The van der Waals surface area contributed by atoms with Crippen LogP contribution in [0.4, 0.5) is 0 Å². The Morgan fingerprint density at radius 3 is 1.79 bits per heavy atom. The second-order valence-electron chi connectivity index (χ2n) is 6.71. The predicted molar refractivity (Wildman–Crippen MR) is 95.9 cm³/mol. The van der Waals surface area contributed by atoms with Gasteiger partial charge in [-0.25, -0.2) is 0 Å². The standard InChI is InChI=1S/C16H28N4O8/c1-7(2)4-9(17)13(24)19-10(5-12(22)23)14(25)20-11(6-21)15(26)18-8(3)16(27)28/h7-11,21H,4-6,17H2,1-3H3,(H,18,26)(H,19,24)(H,20,25)(H,22,23)(H,27,28). The summed E-state index contributed by atoms with van der Waals surface area (Å²) in [5.41, 5.74) is 5.71. The van der Waals surface area contributed by atoms with Crippen molar-refractivity contribution in [2.45, 2.75) is 57.8 Å². The highest BCUT2D eigenvalue weighted by Gasteiger charge is 2.30. The maximum absolute atomic E-state index is 12.3. The number of hydrogen-bond acceptors (Lipinski definition) is 7. The van der Waals surface area contributed by atoms with Crippen molar-refractivity contribution < 1.29 is 39.3 Å². The van der Waals surface area contributed by atoms with E-state index in [9.17, 15) is 29.1 Å². The van der Waals surface area contributed by atoms with Gasteiger partial charge in [-0.15, -0.1) is 0 Å². The quantitative estimate of drug-likeness (QED) is 0.181. The average molecular weight is 404 g/mol. The third-order valence-electron chi connectivity index (χ3n) is 3.62. The van der Waals surface area contributed by atoms with Crippen LogP contribution in [0.1, 0.15) is 33.6 Å². The second-order valence-corrected chi connectivity index (χ2v) is 6.71. The number of nitrogens with two attached hydrogens (primary N) is 1. The Morgan fingerprint density at radius 2 is 1.36 bits per heavy atom. The van der Waals surface area contributed by atoms with E-state index in [1.165, 1.54) is 6.92 Å². The van der Waals surface area contributed by atoms with Crippen LogP contribution in [0.3, 0.4) is 0 Å². The van der Waals surface area contributed by atoms with Gasteiger partial charge in [-0.2, -0.15) is 0 Å². The number of carboxylic acid groups (broad SMARTS) is 2. The van der Waals surface area contributed by atoms with Crippen molar-refractivity contribution in [3.8, 4) is 0 Å². The molecule has 12 heteroatoms. The number of carbonyl (C=O) groups excluding carboxylic acids is 3. The first kappa shape index (κ1) is 25.3. The summed E-state index contributed by atoms with van der Waals surface area (Å²) in [5.74, 6) is -5.38. The summed E-state index contributed by atoms with van der Waals surface area (Å²) < 4.78 is 0. The summed E-state index contributed by atoms with van der Waals surface area (Å²) in [7, 11) is 0. The summed E-state index contributed by atoms with van der Waals surface area (Å²) >= 11 is 0. The van der Waals surface area contributed by atoms with Crippen LogP contribution in [-0.4, -0.2) is 75.8 Å². The number of amides is 3. The Kier molecular flexibility index (Phi) is 10.7. The van der Waals surface area contributed by atoms with Gasteiger partial charge in [-0.1, -0.05) is 13.8 Å². The van der Waals surface area contributed by atoms with Gasteiger partial charge in [0, 0.05) is 0 Å². The molecule has 4 atom stereocenters. The fraction of sp³-hybridized carbons (Fsp3) is 0.688. The van der Waals surface area contributed by atoms with Gasteiger partial charge in [-0.3, -0.25) is 24.0 Å². The van der Waals surface area contributed by atoms with Crippen molar-refractivity contribution in [1.82, 2.24) is 16.0 Å². The third kappa shape index (κ3) is 9.28. The maximum atomic E-state index is 12.3. The number of rotatable bonds is 12. The van der Waals surface area contributed by atoms with E-state index in [0.29, 0.717) is 6.42 Å². The van der Waals surface area contributed by atoms with Crippen LogP contribution in [0.15, 0.2) is 0 Å². The Bertz CT molecular complexity index is 595. The first-order chi connectivity index (χ1) is 12.9. The van der Waals surface area contributed by atoms with Gasteiger partial charge in [0.1, 0.15) is 18.1 Å². The van der Waals surface area contributed by atoms with Crippen molar-refractivity contribution in [3.63, 3.8) is 0 Å². The minimum Gasteiger partial charge on any atom is -0.481 e. The molecule has 0 bridgehead atoms. The molecule has 0 fully saturated rings. The average Bonchev–Trinajstić information content (AvgIpc) is 2.57. The van der Waals surface area contributed by atoms with Gasteiger partial charge in [0.15, 0.2) is 0 Å². The van der Waals surface area contributed by atoms with Crippen LogP contribution in [0.5, 0.6) is 0 Å². The van der Waals surface area contributed by atoms with Crippen LogP contribution in [0.2, 0.25) is 0 Å². The zero-order valence-corrected chi connectivity index (χ0v) is 16.0. The Balaban J connectivity index is 5.12. The first-order valence-electron chi connectivity index (χ1n) is 8.61. The van der Waals surface area contributed by atoms with Gasteiger partial charge in [0.2, 0.25) is 17.7 Å². The third-order valence-corrected chi connectivity index (χ3v) is 3.62. The van der Waals surface area contributed by atoms with E-state index in [0.717, 1.165) is 0 Å². The maximum Gasteiger partial charge on any atom is 0.325 e. The molecular weight excluding hydrogens is 376 g/mol. The zero-order valence-electron chi connectivity index (χ0n) is 16.0. The van der Waals surface area contributed by atoms with E-state index in [1.54, 1.807) is 0 Å². The van der Waals surface area contributed by atoms with Gasteiger partial charge in [0.05, 0.1) is 19.1 Å². The highest BCUT2D eigenvalue weighted by Crippen LogP contribution is 2.04. The lowest BCUT2D eigenvalue weighted by Crippen LogP contribution is -2.58. The van der Waals surface area contributed by atoms with Crippen molar-refractivity contribution in [1.29, 1.82) is 0 Å². The molecule has 0 rings (SSSR count). The minimum absolute atomic E-state index is 0.0891. The lowest BCUT2D eigenvalue weighted by molar-refractivity contribution is -0.143. The number of carbonyl (C=O) groups is 5. The summed E-state index contributed by atoms with van der Waals surface area (Å²) in [5, 5.41) is 33.4. The minimum atomic E-state index is -1.54. The number of nitrogens with one attached hydrogen (secondary N) is 3. The molecule has 0 aliphatic carbocycles. The zero-order chi connectivity index (χ0) is 22.0. The van der Waals surface area contributed by atoms with Crippen LogP contribution < -0.4 is 21.7 Å². The molecule has 0 spiro atoms. The molecule has 12 nitrogen and oxygen atoms in total. The van der Waals surface area contributed by atoms with E-state index >= 15 is 0 Å². The lowest BCUT2D eigenvalue weighted by Gasteiger charge is -2.23. The summed E-state index contributed by atoms with van der Waals surface area (Å²) in [6, 6.07) is -5.31. The molecule has 0 aromatic heterocycles. The first-order valence-corrected chi connectivity index (χ1v) is 8.61. The van der Waals surface area contributed by atoms with Crippen LogP contribution in [0, 0.1) is 5.92 Å². The molecule has 0 saturated carbocycles. The van der Waals surface area contributed by atoms with Crippen LogP contribution in [-0.2, 0) is 24.0 Å². The van der Waals surface area contributed by atoms with Crippen LogP contribution >= 0.6 is 0 Å². The molecule has 0 radical (unpaired) electrons. The smallest absolute Gasteiger partial charge is 0.325 e. The van der Waals surface area contributed by atoms with E-state index in [-0.39, 0.29) is 5.92 Å². The van der Waals surface area contributed by atoms with E-state index in [2.05, 4.69) is 16.0 Å². The molecule has 0 aliphatic heterocycles. The van der Waals surface area contributed by atoms with Gasteiger partial charge in [0.25, 0.3) is 0 Å². The van der Waals surface area contributed by atoms with Crippen LogP contribution in [0.25, 0.3) is 0 Å². The molecule has 0 saturated heterocycles. The van der Waals surface area contributed by atoms with Crippen molar-refractivity contribution in [2.75, 3.05) is 6.61 Å². The van der Waals surface area contributed by atoms with Gasteiger partial charge >= 0.3 is 11.9 Å². The molecule has 8 N–H and O–H groups in total. The summed E-state index contributed by atoms with van der Waals surface area (Å²) in [6.45, 7) is 3.97. The van der Waals surface area contributed by atoms with Crippen molar-refractivity contribution in [2.24, 2.45) is 11.7 Å². The molecule has 0 aromatic rings. The van der Waals surface area contributed by atoms with E-state index in [1.807, 2.05) is 13.8 Å². The number of aliphatic hydroxyl groups is 1. The number of carboxylic acids is 2. The molecule has 3 amide bonds. The normalized spacial score (nSPS) is 15.1. The van der Waals surface area contributed by atoms with Gasteiger partial charge in [-0.05, 0) is 19.3 Å². The summed E-state index contributed by atoms with van der Waals surface area (Å²) in [6.07, 6.45) is -0.473. The highest BCUT2D eigenvalue weighted by atomic mass is 16.4. The lowest BCUT2D eigenvalue weighted by atomic mass is 10.0.